The molecule has 0 aliphatic rings. The standard InChI is InChI=1S/C19H16FN3O2/c1-12-21-10-15(11-22-12)13-6-8-14(9-7-13)18(19(24)23-25)16-4-2-3-5-17(16)20/h2-11,18,25H,1H3,(H,23,24). The van der Waals surface area contributed by atoms with Crippen molar-refractivity contribution in [1.82, 2.24) is 15.4 Å². The number of nitrogens with one attached hydrogen (secondary N) is 1. The van der Waals surface area contributed by atoms with Crippen LogP contribution >= 0.6 is 0 Å². The third kappa shape index (κ3) is 3.54. The Morgan fingerprint density at radius 2 is 1.68 bits per heavy atom. The molecule has 0 radical (unpaired) electrons. The van der Waals surface area contributed by atoms with Crippen LogP contribution in [0.15, 0.2) is 60.9 Å². The van der Waals surface area contributed by atoms with Crippen LogP contribution in [0, 0.1) is 12.7 Å². The molecule has 0 saturated carbocycles. The van der Waals surface area contributed by atoms with E-state index in [1.54, 1.807) is 49.1 Å². The van der Waals surface area contributed by atoms with Gasteiger partial charge < -0.3 is 0 Å². The first-order valence-corrected chi connectivity index (χ1v) is 7.67. The van der Waals surface area contributed by atoms with Crippen LogP contribution < -0.4 is 5.48 Å². The van der Waals surface area contributed by atoms with E-state index in [0.29, 0.717) is 11.4 Å². The highest BCUT2D eigenvalue weighted by atomic mass is 19.1. The highest BCUT2D eigenvalue weighted by Gasteiger charge is 2.25. The number of carbonyl (C=O) groups is 1. The van der Waals surface area contributed by atoms with E-state index >= 15 is 0 Å². The monoisotopic (exact) mass is 337 g/mol. The molecule has 6 heteroatoms. The van der Waals surface area contributed by atoms with E-state index in [1.165, 1.54) is 12.1 Å². The number of halogens is 1. The summed E-state index contributed by atoms with van der Waals surface area (Å²) in [5.74, 6) is -1.47. The molecule has 0 aliphatic heterocycles. The fourth-order valence-electron chi connectivity index (χ4n) is 2.66. The van der Waals surface area contributed by atoms with Crippen LogP contribution in [0.4, 0.5) is 4.39 Å². The van der Waals surface area contributed by atoms with Crippen LogP contribution in [0.2, 0.25) is 0 Å². The molecule has 126 valence electrons. The van der Waals surface area contributed by atoms with Crippen LogP contribution in [0.1, 0.15) is 22.9 Å². The largest absolute Gasteiger partial charge is 0.289 e. The fraction of sp³-hybridized carbons (Fsp3) is 0.105. The number of hydrogen-bond donors (Lipinski definition) is 2. The lowest BCUT2D eigenvalue weighted by Gasteiger charge is -2.17. The van der Waals surface area contributed by atoms with Gasteiger partial charge in [0.25, 0.3) is 5.91 Å². The summed E-state index contributed by atoms with van der Waals surface area (Å²) in [6.45, 7) is 1.80. The van der Waals surface area contributed by atoms with E-state index in [2.05, 4.69) is 9.97 Å². The Bertz CT molecular complexity index is 880. The average Bonchev–Trinajstić information content (AvgIpc) is 2.64. The zero-order valence-corrected chi connectivity index (χ0v) is 13.5. The first-order chi connectivity index (χ1) is 12.1. The van der Waals surface area contributed by atoms with Gasteiger partial charge in [0.2, 0.25) is 0 Å². The molecule has 1 aromatic heterocycles. The minimum Gasteiger partial charge on any atom is -0.289 e. The number of benzene rings is 2. The summed E-state index contributed by atoms with van der Waals surface area (Å²) >= 11 is 0. The van der Waals surface area contributed by atoms with Crippen molar-refractivity contribution < 1.29 is 14.4 Å². The number of rotatable bonds is 4. The number of carbonyl (C=O) groups excluding carboxylic acids is 1. The third-order valence-corrected chi connectivity index (χ3v) is 3.95. The third-order valence-electron chi connectivity index (χ3n) is 3.95. The SMILES string of the molecule is Cc1ncc(-c2ccc(C(C(=O)NO)c3ccccc3F)cc2)cn1. The summed E-state index contributed by atoms with van der Waals surface area (Å²) in [6, 6.07) is 13.1. The first kappa shape index (κ1) is 16.7. The molecule has 1 heterocycles. The van der Waals surface area contributed by atoms with Crippen LogP contribution in [-0.4, -0.2) is 21.1 Å². The lowest BCUT2D eigenvalue weighted by atomic mass is 9.89. The summed E-state index contributed by atoms with van der Waals surface area (Å²) in [6.07, 6.45) is 3.43. The number of nitrogens with zero attached hydrogens (tertiary/aromatic N) is 2. The van der Waals surface area contributed by atoms with Crippen LogP contribution in [-0.2, 0) is 4.79 Å². The molecule has 3 aromatic rings. The van der Waals surface area contributed by atoms with Crippen molar-refractivity contribution in [3.8, 4) is 11.1 Å². The van der Waals surface area contributed by atoms with Gasteiger partial charge in [-0.3, -0.25) is 10.0 Å². The van der Waals surface area contributed by atoms with Crippen molar-refractivity contribution in [3.63, 3.8) is 0 Å². The van der Waals surface area contributed by atoms with Crippen molar-refractivity contribution in [2.24, 2.45) is 0 Å². The maximum atomic E-state index is 14.1. The highest BCUT2D eigenvalue weighted by molar-refractivity contribution is 5.86. The quantitative estimate of drug-likeness (QED) is 0.566. The van der Waals surface area contributed by atoms with E-state index < -0.39 is 17.6 Å². The van der Waals surface area contributed by atoms with Crippen molar-refractivity contribution >= 4 is 5.91 Å². The maximum Gasteiger partial charge on any atom is 0.255 e. The molecule has 1 atom stereocenters. The number of hydroxylamine groups is 1. The first-order valence-electron chi connectivity index (χ1n) is 7.67. The van der Waals surface area contributed by atoms with Gasteiger partial charge in [-0.15, -0.1) is 0 Å². The van der Waals surface area contributed by atoms with Gasteiger partial charge in [0.15, 0.2) is 0 Å². The Morgan fingerprint density at radius 3 is 2.28 bits per heavy atom. The van der Waals surface area contributed by atoms with Crippen LogP contribution in [0.5, 0.6) is 0 Å². The van der Waals surface area contributed by atoms with Gasteiger partial charge in [-0.2, -0.15) is 0 Å². The molecule has 1 unspecified atom stereocenters. The molecule has 1 amide bonds. The Morgan fingerprint density at radius 1 is 1.04 bits per heavy atom. The number of aryl methyl sites for hydroxylation is 1. The van der Waals surface area contributed by atoms with E-state index in [4.69, 9.17) is 5.21 Å². The second-order valence-electron chi connectivity index (χ2n) is 5.57. The summed E-state index contributed by atoms with van der Waals surface area (Å²) in [5.41, 5.74) is 4.09. The molecular weight excluding hydrogens is 321 g/mol. The summed E-state index contributed by atoms with van der Waals surface area (Å²) in [7, 11) is 0. The van der Waals surface area contributed by atoms with Crippen molar-refractivity contribution in [1.29, 1.82) is 0 Å². The summed E-state index contributed by atoms with van der Waals surface area (Å²) in [4.78, 5) is 20.4. The van der Waals surface area contributed by atoms with Gasteiger partial charge in [-0.25, -0.2) is 19.8 Å². The number of hydrogen-bond acceptors (Lipinski definition) is 4. The molecule has 0 bridgehead atoms. The number of aromatic nitrogens is 2. The van der Waals surface area contributed by atoms with Crippen molar-refractivity contribution in [3.05, 3.63) is 83.7 Å². The predicted octanol–water partition coefficient (Wildman–Crippen LogP) is 3.23. The van der Waals surface area contributed by atoms with Gasteiger partial charge in [0, 0.05) is 23.5 Å². The Hall–Kier alpha value is -3.12. The van der Waals surface area contributed by atoms with Crippen molar-refractivity contribution in [2.45, 2.75) is 12.8 Å². The molecule has 25 heavy (non-hydrogen) atoms. The fourth-order valence-corrected chi connectivity index (χ4v) is 2.66. The second-order valence-corrected chi connectivity index (χ2v) is 5.57. The Balaban J connectivity index is 1.98. The molecule has 3 rings (SSSR count). The predicted molar refractivity (Wildman–Crippen MR) is 90.4 cm³/mol. The smallest absolute Gasteiger partial charge is 0.255 e. The zero-order chi connectivity index (χ0) is 17.8. The highest BCUT2D eigenvalue weighted by Crippen LogP contribution is 2.29. The second kappa shape index (κ2) is 7.19. The minimum absolute atomic E-state index is 0.195. The van der Waals surface area contributed by atoms with Gasteiger partial charge >= 0.3 is 0 Å². The van der Waals surface area contributed by atoms with Gasteiger partial charge in [-0.1, -0.05) is 42.5 Å². The normalized spacial score (nSPS) is 11.8. The summed E-state index contributed by atoms with van der Waals surface area (Å²) in [5, 5.41) is 9.04. The molecule has 2 N–H and O–H groups in total. The molecule has 0 fully saturated rings. The average molecular weight is 337 g/mol. The minimum atomic E-state index is -0.950. The van der Waals surface area contributed by atoms with Crippen molar-refractivity contribution in [2.75, 3.05) is 0 Å². The lowest BCUT2D eigenvalue weighted by Crippen LogP contribution is -2.27. The Kier molecular flexibility index (Phi) is 4.81. The molecule has 2 aromatic carbocycles. The van der Waals surface area contributed by atoms with Crippen LogP contribution in [0.3, 0.4) is 0 Å². The number of amides is 1. The molecule has 0 spiro atoms. The van der Waals surface area contributed by atoms with Gasteiger partial charge in [0.05, 0.1) is 5.92 Å². The summed E-state index contributed by atoms with van der Waals surface area (Å²) < 4.78 is 14.1. The molecular formula is C19H16FN3O2. The van der Waals surface area contributed by atoms with Crippen LogP contribution in [0.25, 0.3) is 11.1 Å². The molecule has 0 saturated heterocycles. The Labute approximate surface area is 144 Å². The van der Waals surface area contributed by atoms with E-state index in [9.17, 15) is 9.18 Å². The molecule has 5 nitrogen and oxygen atoms in total. The van der Waals surface area contributed by atoms with Gasteiger partial charge in [0.1, 0.15) is 11.6 Å². The van der Waals surface area contributed by atoms with Gasteiger partial charge in [-0.05, 0) is 24.1 Å². The molecule has 0 aliphatic carbocycles. The van der Waals surface area contributed by atoms with E-state index in [0.717, 1.165) is 11.1 Å². The lowest BCUT2D eigenvalue weighted by molar-refractivity contribution is -0.129. The van der Waals surface area contributed by atoms with E-state index in [-0.39, 0.29) is 5.56 Å². The zero-order valence-electron chi connectivity index (χ0n) is 13.5. The topological polar surface area (TPSA) is 75.1 Å². The maximum absolute atomic E-state index is 14.1. The van der Waals surface area contributed by atoms with E-state index in [1.807, 2.05) is 12.1 Å².